The molecule has 2 atom stereocenters. The third-order valence-electron chi connectivity index (χ3n) is 5.05. The van der Waals surface area contributed by atoms with Crippen LogP contribution in [0.4, 0.5) is 0 Å². The molecule has 0 heterocycles. The second-order valence-electron chi connectivity index (χ2n) is 7.59. The minimum absolute atomic E-state index is 0.0507. The quantitative estimate of drug-likeness (QED) is 0.356. The van der Waals surface area contributed by atoms with Crippen molar-refractivity contribution in [2.45, 2.75) is 19.5 Å². The Hall–Kier alpha value is -3.42. The first-order chi connectivity index (χ1) is 16.9. The number of methoxy groups -OCH3 is 2. The SMILES string of the molecule is C=C(CO)c1ccc(OC(OC)c2ccccc2)cc1.C=C(CO)c1cccc(OC(C)OC)c1. The second kappa shape index (κ2) is 14.8. The van der Waals surface area contributed by atoms with Crippen LogP contribution < -0.4 is 9.47 Å². The minimum atomic E-state index is -0.442. The highest BCUT2D eigenvalue weighted by molar-refractivity contribution is 5.65. The minimum Gasteiger partial charge on any atom is -0.465 e. The van der Waals surface area contributed by atoms with Gasteiger partial charge in [-0.3, -0.25) is 0 Å². The van der Waals surface area contributed by atoms with E-state index in [4.69, 9.17) is 29.2 Å². The van der Waals surface area contributed by atoms with E-state index in [9.17, 15) is 0 Å². The Morgan fingerprint density at radius 3 is 1.91 bits per heavy atom. The molecule has 2 unspecified atom stereocenters. The van der Waals surface area contributed by atoms with Crippen molar-refractivity contribution >= 4 is 11.1 Å². The lowest BCUT2D eigenvalue weighted by Gasteiger charge is -2.18. The third-order valence-corrected chi connectivity index (χ3v) is 5.05. The van der Waals surface area contributed by atoms with Gasteiger partial charge in [-0.15, -0.1) is 0 Å². The summed E-state index contributed by atoms with van der Waals surface area (Å²) in [6.45, 7) is 9.24. The molecule has 0 bridgehead atoms. The number of hydrogen-bond acceptors (Lipinski definition) is 6. The van der Waals surface area contributed by atoms with Gasteiger partial charge in [0, 0.05) is 19.8 Å². The summed E-state index contributed by atoms with van der Waals surface area (Å²) in [5.74, 6) is 1.41. The Labute approximate surface area is 207 Å². The molecule has 0 spiro atoms. The molecule has 186 valence electrons. The smallest absolute Gasteiger partial charge is 0.226 e. The molecule has 0 saturated heterocycles. The molecular weight excluding hydrogens is 444 g/mol. The molecule has 35 heavy (non-hydrogen) atoms. The second-order valence-corrected chi connectivity index (χ2v) is 7.59. The molecule has 0 fully saturated rings. The normalized spacial score (nSPS) is 12.0. The first-order valence-electron chi connectivity index (χ1n) is 11.1. The summed E-state index contributed by atoms with van der Waals surface area (Å²) in [6, 6.07) is 24.6. The molecule has 0 aliphatic heterocycles. The van der Waals surface area contributed by atoms with Crippen molar-refractivity contribution in [3.8, 4) is 11.5 Å². The van der Waals surface area contributed by atoms with Gasteiger partial charge in [-0.25, -0.2) is 0 Å². The third kappa shape index (κ3) is 9.03. The number of hydrogen-bond donors (Lipinski definition) is 2. The monoisotopic (exact) mass is 478 g/mol. The van der Waals surface area contributed by atoms with Crippen molar-refractivity contribution < 1.29 is 29.2 Å². The van der Waals surface area contributed by atoms with E-state index in [-0.39, 0.29) is 19.5 Å². The zero-order valence-electron chi connectivity index (χ0n) is 20.5. The lowest BCUT2D eigenvalue weighted by atomic mass is 10.1. The maximum Gasteiger partial charge on any atom is 0.226 e. The van der Waals surface area contributed by atoms with Gasteiger partial charge in [-0.05, 0) is 53.5 Å². The number of ether oxygens (including phenoxy) is 4. The molecule has 0 radical (unpaired) electrons. The van der Waals surface area contributed by atoms with Crippen molar-refractivity contribution in [2.75, 3.05) is 27.4 Å². The van der Waals surface area contributed by atoms with Gasteiger partial charge in [0.2, 0.25) is 6.29 Å². The van der Waals surface area contributed by atoms with E-state index in [0.29, 0.717) is 22.6 Å². The molecule has 3 rings (SSSR count). The molecule has 3 aromatic rings. The van der Waals surface area contributed by atoms with Gasteiger partial charge in [0.1, 0.15) is 11.5 Å². The van der Waals surface area contributed by atoms with Gasteiger partial charge in [0.25, 0.3) is 0 Å². The van der Waals surface area contributed by atoms with E-state index in [1.807, 2.05) is 85.8 Å². The maximum absolute atomic E-state index is 9.04. The Morgan fingerprint density at radius 1 is 0.714 bits per heavy atom. The molecular formula is C29H34O6. The molecule has 6 nitrogen and oxygen atoms in total. The van der Waals surface area contributed by atoms with E-state index < -0.39 is 6.29 Å². The van der Waals surface area contributed by atoms with E-state index in [0.717, 1.165) is 16.7 Å². The number of aliphatic hydroxyl groups excluding tert-OH is 2. The van der Waals surface area contributed by atoms with Crippen LogP contribution in [0, 0.1) is 0 Å². The largest absolute Gasteiger partial charge is 0.465 e. The van der Waals surface area contributed by atoms with Gasteiger partial charge in [0.05, 0.1) is 13.2 Å². The topological polar surface area (TPSA) is 77.4 Å². The van der Waals surface area contributed by atoms with Crippen LogP contribution in [-0.2, 0) is 9.47 Å². The number of rotatable bonds is 11. The lowest BCUT2D eigenvalue weighted by molar-refractivity contribution is -0.0562. The van der Waals surface area contributed by atoms with Gasteiger partial charge in [0.15, 0.2) is 6.29 Å². The van der Waals surface area contributed by atoms with E-state index in [1.54, 1.807) is 14.2 Å². The van der Waals surface area contributed by atoms with Crippen molar-refractivity contribution in [1.82, 2.24) is 0 Å². The molecule has 2 N–H and O–H groups in total. The molecule has 3 aromatic carbocycles. The average Bonchev–Trinajstić information content (AvgIpc) is 2.92. The Morgan fingerprint density at radius 2 is 1.34 bits per heavy atom. The zero-order chi connectivity index (χ0) is 25.6. The van der Waals surface area contributed by atoms with Crippen LogP contribution in [-0.4, -0.2) is 43.9 Å². The fraction of sp³-hybridized carbons (Fsp3) is 0.241. The van der Waals surface area contributed by atoms with Crippen molar-refractivity contribution in [1.29, 1.82) is 0 Å². The summed E-state index contributed by atoms with van der Waals surface area (Å²) in [5.41, 5.74) is 4.08. The van der Waals surface area contributed by atoms with Gasteiger partial charge in [-0.2, -0.15) is 0 Å². The highest BCUT2D eigenvalue weighted by atomic mass is 16.7. The average molecular weight is 479 g/mol. The fourth-order valence-electron chi connectivity index (χ4n) is 2.97. The number of aliphatic hydroxyl groups is 2. The van der Waals surface area contributed by atoms with Crippen LogP contribution in [0.3, 0.4) is 0 Å². The Kier molecular flexibility index (Phi) is 11.7. The van der Waals surface area contributed by atoms with Crippen LogP contribution in [0.5, 0.6) is 11.5 Å². The van der Waals surface area contributed by atoms with Crippen molar-refractivity contribution in [3.63, 3.8) is 0 Å². The van der Waals surface area contributed by atoms with Crippen LogP contribution in [0.25, 0.3) is 11.1 Å². The first kappa shape index (κ1) is 27.8. The summed E-state index contributed by atoms with van der Waals surface area (Å²) < 4.78 is 21.6. The first-order valence-corrected chi connectivity index (χ1v) is 11.1. The maximum atomic E-state index is 9.04. The molecule has 0 saturated carbocycles. The molecule has 6 heteroatoms. The van der Waals surface area contributed by atoms with Gasteiger partial charge < -0.3 is 29.2 Å². The van der Waals surface area contributed by atoms with E-state index >= 15 is 0 Å². The lowest BCUT2D eigenvalue weighted by Crippen LogP contribution is -2.13. The highest BCUT2D eigenvalue weighted by Crippen LogP contribution is 2.24. The Balaban J connectivity index is 0.000000258. The molecule has 0 aromatic heterocycles. The van der Waals surface area contributed by atoms with Gasteiger partial charge in [-0.1, -0.05) is 67.8 Å². The van der Waals surface area contributed by atoms with Crippen LogP contribution >= 0.6 is 0 Å². The summed E-state index contributed by atoms with van der Waals surface area (Å²) >= 11 is 0. The summed E-state index contributed by atoms with van der Waals surface area (Å²) in [7, 11) is 3.20. The van der Waals surface area contributed by atoms with E-state index in [1.165, 1.54) is 0 Å². The predicted molar refractivity (Wildman–Crippen MR) is 139 cm³/mol. The van der Waals surface area contributed by atoms with Crippen LogP contribution in [0.1, 0.15) is 29.9 Å². The molecule has 0 amide bonds. The summed E-state index contributed by atoms with van der Waals surface area (Å²) in [4.78, 5) is 0. The Bertz CT molecular complexity index is 1050. The molecule has 0 aliphatic carbocycles. The summed E-state index contributed by atoms with van der Waals surface area (Å²) in [5, 5.41) is 18.0. The van der Waals surface area contributed by atoms with Crippen LogP contribution in [0.15, 0.2) is 92.0 Å². The standard InChI is InChI=1S/C17H18O3.C12H16O3/c1-13(12-18)14-8-10-16(11-9-14)20-17(19-2)15-6-4-3-5-7-15;1-9(8-13)11-5-4-6-12(7-11)15-10(2)14-3/h3-11,17-18H,1,12H2,2H3;4-7,10,13H,1,8H2,2-3H3. The highest BCUT2D eigenvalue weighted by Gasteiger charge is 2.11. The fourth-order valence-corrected chi connectivity index (χ4v) is 2.97. The predicted octanol–water partition coefficient (Wildman–Crippen LogP) is 5.48. The summed E-state index contributed by atoms with van der Waals surface area (Å²) in [6.07, 6.45) is -0.731. The molecule has 0 aliphatic rings. The van der Waals surface area contributed by atoms with Crippen molar-refractivity contribution in [2.24, 2.45) is 0 Å². The van der Waals surface area contributed by atoms with E-state index in [2.05, 4.69) is 13.2 Å². The van der Waals surface area contributed by atoms with Crippen LogP contribution in [0.2, 0.25) is 0 Å². The zero-order valence-corrected chi connectivity index (χ0v) is 20.5. The van der Waals surface area contributed by atoms with Crippen molar-refractivity contribution in [3.05, 3.63) is 109 Å². The number of benzene rings is 3. The van der Waals surface area contributed by atoms with Gasteiger partial charge >= 0.3 is 0 Å².